The highest BCUT2D eigenvalue weighted by molar-refractivity contribution is 7.99. The highest BCUT2D eigenvalue weighted by Gasteiger charge is 2.25. The summed E-state index contributed by atoms with van der Waals surface area (Å²) in [5.74, 6) is 1.21. The Morgan fingerprint density at radius 3 is 2.54 bits per heavy atom. The number of thiophene rings is 2. The molecule has 4 heterocycles. The third kappa shape index (κ3) is 4.62. The summed E-state index contributed by atoms with van der Waals surface area (Å²) in [6.07, 6.45) is 0.722. The number of nitrogens with one attached hydrogen (secondary N) is 1. The second-order valence-electron chi connectivity index (χ2n) is 6.26. The van der Waals surface area contributed by atoms with Crippen LogP contribution in [-0.2, 0) is 11.2 Å². The average Bonchev–Trinajstić information content (AvgIpc) is 3.49. The number of thioether (sulfide) groups is 1. The summed E-state index contributed by atoms with van der Waals surface area (Å²) < 4.78 is 0. The van der Waals surface area contributed by atoms with Crippen molar-refractivity contribution in [2.24, 2.45) is 0 Å². The number of piperazine rings is 1. The van der Waals surface area contributed by atoms with Crippen molar-refractivity contribution in [2.75, 3.05) is 31.9 Å². The van der Waals surface area contributed by atoms with Gasteiger partial charge in [-0.25, -0.2) is 4.98 Å². The van der Waals surface area contributed by atoms with Gasteiger partial charge in [-0.15, -0.1) is 27.8 Å². The maximum Gasteiger partial charge on any atom is 0.264 e. The van der Waals surface area contributed by atoms with E-state index in [1.807, 2.05) is 38.8 Å². The van der Waals surface area contributed by atoms with Crippen LogP contribution in [0.3, 0.4) is 0 Å². The van der Waals surface area contributed by atoms with Crippen LogP contribution in [0, 0.1) is 0 Å². The van der Waals surface area contributed by atoms with Gasteiger partial charge in [-0.3, -0.25) is 14.7 Å². The smallest absolute Gasteiger partial charge is 0.264 e. The molecule has 0 aromatic carbocycles. The average molecular weight is 434 g/mol. The molecule has 7 nitrogen and oxygen atoms in total. The van der Waals surface area contributed by atoms with Crippen molar-refractivity contribution in [1.29, 1.82) is 0 Å². The van der Waals surface area contributed by atoms with Gasteiger partial charge in [0, 0.05) is 37.5 Å². The molecule has 0 bridgehead atoms. The summed E-state index contributed by atoms with van der Waals surface area (Å²) in [6.45, 7) is 2.26. The zero-order chi connectivity index (χ0) is 19.3. The van der Waals surface area contributed by atoms with E-state index in [9.17, 15) is 9.59 Å². The lowest BCUT2D eigenvalue weighted by atomic mass is 10.3. The van der Waals surface area contributed by atoms with E-state index >= 15 is 0 Å². The number of carbonyl (C=O) groups excluding carboxylic acids is 2. The SMILES string of the molecule is O=C(CSc1n[nH]c(Cc2cccs2)n1)N1CCN(C(=O)c2cccs2)CC1. The van der Waals surface area contributed by atoms with E-state index in [0.29, 0.717) is 37.1 Å². The number of aromatic amines is 1. The lowest BCUT2D eigenvalue weighted by Crippen LogP contribution is -2.51. The first kappa shape index (κ1) is 19.2. The van der Waals surface area contributed by atoms with Crippen LogP contribution >= 0.6 is 34.4 Å². The van der Waals surface area contributed by atoms with Crippen molar-refractivity contribution in [3.63, 3.8) is 0 Å². The van der Waals surface area contributed by atoms with E-state index in [-0.39, 0.29) is 11.8 Å². The topological polar surface area (TPSA) is 82.2 Å². The molecule has 28 heavy (non-hydrogen) atoms. The van der Waals surface area contributed by atoms with Gasteiger partial charge in [-0.05, 0) is 22.9 Å². The molecule has 0 radical (unpaired) electrons. The largest absolute Gasteiger partial charge is 0.338 e. The fourth-order valence-electron chi connectivity index (χ4n) is 2.93. The number of amides is 2. The fourth-order valence-corrected chi connectivity index (χ4v) is 5.05. The molecular weight excluding hydrogens is 414 g/mol. The Morgan fingerprint density at radius 1 is 1.07 bits per heavy atom. The van der Waals surface area contributed by atoms with Crippen molar-refractivity contribution in [3.8, 4) is 0 Å². The van der Waals surface area contributed by atoms with Crippen LogP contribution in [0.2, 0.25) is 0 Å². The third-order valence-electron chi connectivity index (χ3n) is 4.41. The molecule has 0 spiro atoms. The number of aromatic nitrogens is 3. The van der Waals surface area contributed by atoms with Crippen LogP contribution < -0.4 is 0 Å². The summed E-state index contributed by atoms with van der Waals surface area (Å²) in [5, 5.41) is 11.6. The van der Waals surface area contributed by atoms with Gasteiger partial charge in [-0.1, -0.05) is 23.9 Å². The minimum Gasteiger partial charge on any atom is -0.338 e. The number of H-pyrrole nitrogens is 1. The van der Waals surface area contributed by atoms with Crippen LogP contribution in [-0.4, -0.2) is 68.7 Å². The molecular formula is C18H19N5O2S3. The van der Waals surface area contributed by atoms with Crippen molar-refractivity contribution >= 4 is 46.2 Å². The van der Waals surface area contributed by atoms with Crippen LogP contribution in [0.4, 0.5) is 0 Å². The third-order valence-corrected chi connectivity index (χ3v) is 6.98. The summed E-state index contributed by atoms with van der Waals surface area (Å²) in [6, 6.07) is 7.79. The van der Waals surface area contributed by atoms with E-state index in [2.05, 4.69) is 21.2 Å². The predicted molar refractivity (Wildman–Crippen MR) is 111 cm³/mol. The molecule has 3 aromatic heterocycles. The van der Waals surface area contributed by atoms with E-state index < -0.39 is 0 Å². The molecule has 0 unspecified atom stereocenters. The van der Waals surface area contributed by atoms with Gasteiger partial charge in [0.15, 0.2) is 0 Å². The second-order valence-corrected chi connectivity index (χ2v) is 9.18. The van der Waals surface area contributed by atoms with Crippen LogP contribution in [0.5, 0.6) is 0 Å². The fraction of sp³-hybridized carbons (Fsp3) is 0.333. The zero-order valence-corrected chi connectivity index (χ0v) is 17.5. The Hall–Kier alpha value is -2.17. The van der Waals surface area contributed by atoms with Gasteiger partial charge >= 0.3 is 0 Å². The van der Waals surface area contributed by atoms with Crippen molar-refractivity contribution in [2.45, 2.75) is 11.6 Å². The lowest BCUT2D eigenvalue weighted by Gasteiger charge is -2.34. The minimum atomic E-state index is 0.0514. The van der Waals surface area contributed by atoms with E-state index in [0.717, 1.165) is 17.1 Å². The molecule has 1 aliphatic rings. The number of hydrogen-bond acceptors (Lipinski definition) is 7. The summed E-state index contributed by atoms with van der Waals surface area (Å²) in [4.78, 5) is 34.9. The quantitative estimate of drug-likeness (QED) is 0.604. The monoisotopic (exact) mass is 433 g/mol. The highest BCUT2D eigenvalue weighted by Crippen LogP contribution is 2.18. The summed E-state index contributed by atoms with van der Waals surface area (Å²) in [7, 11) is 0. The van der Waals surface area contributed by atoms with Crippen LogP contribution in [0.25, 0.3) is 0 Å². The predicted octanol–water partition coefficient (Wildman–Crippen LogP) is 2.60. The van der Waals surface area contributed by atoms with E-state index in [4.69, 9.17) is 0 Å². The first-order valence-electron chi connectivity index (χ1n) is 8.86. The lowest BCUT2D eigenvalue weighted by molar-refractivity contribution is -0.129. The molecule has 2 amide bonds. The Bertz CT molecular complexity index is 915. The molecule has 4 rings (SSSR count). The maximum absolute atomic E-state index is 12.5. The molecule has 1 saturated heterocycles. The molecule has 10 heteroatoms. The molecule has 1 fully saturated rings. The zero-order valence-electron chi connectivity index (χ0n) is 15.0. The van der Waals surface area contributed by atoms with Gasteiger partial charge in [0.1, 0.15) is 5.82 Å². The van der Waals surface area contributed by atoms with Crippen molar-refractivity contribution in [1.82, 2.24) is 25.0 Å². The Labute approximate surface area is 174 Å². The van der Waals surface area contributed by atoms with Gasteiger partial charge in [0.05, 0.1) is 10.6 Å². The molecule has 1 aliphatic heterocycles. The summed E-state index contributed by atoms with van der Waals surface area (Å²) in [5.41, 5.74) is 0. The van der Waals surface area contributed by atoms with Gasteiger partial charge in [0.2, 0.25) is 11.1 Å². The maximum atomic E-state index is 12.5. The first-order chi connectivity index (χ1) is 13.7. The van der Waals surface area contributed by atoms with Crippen molar-refractivity contribution < 1.29 is 9.59 Å². The number of carbonyl (C=O) groups is 2. The molecule has 146 valence electrons. The Morgan fingerprint density at radius 2 is 1.82 bits per heavy atom. The Balaban J connectivity index is 1.23. The van der Waals surface area contributed by atoms with Crippen molar-refractivity contribution in [3.05, 3.63) is 50.6 Å². The normalized spacial score (nSPS) is 14.4. The highest BCUT2D eigenvalue weighted by atomic mass is 32.2. The molecule has 3 aromatic rings. The molecule has 1 N–H and O–H groups in total. The van der Waals surface area contributed by atoms with Gasteiger partial charge < -0.3 is 9.80 Å². The number of nitrogens with zero attached hydrogens (tertiary/aromatic N) is 4. The van der Waals surface area contributed by atoms with Gasteiger partial charge in [-0.2, -0.15) is 0 Å². The molecule has 0 atom stereocenters. The van der Waals surface area contributed by atoms with Crippen LogP contribution in [0.1, 0.15) is 20.4 Å². The van der Waals surface area contributed by atoms with Crippen LogP contribution in [0.15, 0.2) is 40.2 Å². The standard InChI is InChI=1S/C18H19N5O2S3/c24-16(12-28-18-19-15(20-21-18)11-13-3-1-9-26-13)22-5-7-23(8-6-22)17(25)14-4-2-10-27-14/h1-4,9-10H,5-8,11-12H2,(H,19,20,21). The summed E-state index contributed by atoms with van der Waals surface area (Å²) >= 11 is 4.47. The number of rotatable bonds is 6. The minimum absolute atomic E-state index is 0.0514. The first-order valence-corrected chi connectivity index (χ1v) is 11.6. The Kier molecular flexibility index (Phi) is 6.08. The van der Waals surface area contributed by atoms with E-state index in [1.165, 1.54) is 28.0 Å². The second kappa shape index (κ2) is 8.89. The van der Waals surface area contributed by atoms with E-state index in [1.54, 1.807) is 11.3 Å². The van der Waals surface area contributed by atoms with Gasteiger partial charge in [0.25, 0.3) is 5.91 Å². The molecule has 0 aliphatic carbocycles. The molecule has 0 saturated carbocycles. The number of hydrogen-bond donors (Lipinski definition) is 1.